The number of rotatable bonds is 8. The molecule has 1 atom stereocenters. The van der Waals surface area contributed by atoms with Gasteiger partial charge in [-0.05, 0) is 26.2 Å². The van der Waals surface area contributed by atoms with Crippen molar-refractivity contribution < 1.29 is 13.5 Å². The maximum Gasteiger partial charge on any atom is 0.212 e. The van der Waals surface area contributed by atoms with Gasteiger partial charge in [-0.25, -0.2) is 13.1 Å². The fourth-order valence-corrected chi connectivity index (χ4v) is 3.08. The van der Waals surface area contributed by atoms with Crippen molar-refractivity contribution in [2.24, 2.45) is 0 Å². The predicted molar refractivity (Wildman–Crippen MR) is 62.2 cm³/mol. The highest BCUT2D eigenvalue weighted by Gasteiger charge is 2.26. The number of sulfonamides is 1. The molecule has 0 saturated carbocycles. The molecule has 0 bridgehead atoms. The maximum absolute atomic E-state index is 11.6. The molecule has 0 heterocycles. The van der Waals surface area contributed by atoms with Gasteiger partial charge in [0, 0.05) is 12.1 Å². The van der Waals surface area contributed by atoms with Crippen LogP contribution in [0.25, 0.3) is 0 Å². The molecular weight excluding hydrogens is 214 g/mol. The van der Waals surface area contributed by atoms with Crippen LogP contribution in [0.5, 0.6) is 0 Å². The maximum atomic E-state index is 11.6. The normalized spacial score (nSPS) is 16.3. The van der Waals surface area contributed by atoms with Crippen molar-refractivity contribution in [3.63, 3.8) is 0 Å². The Hall–Kier alpha value is -0.130. The summed E-state index contributed by atoms with van der Waals surface area (Å²) in [5.74, 6) is 0.171. The third kappa shape index (κ3) is 6.12. The second-order valence-electron chi connectivity index (χ2n) is 4.16. The molecule has 4 nitrogen and oxygen atoms in total. The summed E-state index contributed by atoms with van der Waals surface area (Å²) in [4.78, 5) is 0. The summed E-state index contributed by atoms with van der Waals surface area (Å²) in [5.41, 5.74) is -0.513. The summed E-state index contributed by atoms with van der Waals surface area (Å²) in [6.45, 7) is 5.70. The monoisotopic (exact) mass is 237 g/mol. The highest BCUT2D eigenvalue weighted by molar-refractivity contribution is 7.89. The Morgan fingerprint density at radius 3 is 2.33 bits per heavy atom. The van der Waals surface area contributed by atoms with E-state index in [9.17, 15) is 8.42 Å². The van der Waals surface area contributed by atoms with Crippen molar-refractivity contribution in [3.05, 3.63) is 0 Å². The van der Waals surface area contributed by atoms with Crippen LogP contribution in [0.3, 0.4) is 0 Å². The average molecular weight is 237 g/mol. The van der Waals surface area contributed by atoms with E-state index in [1.807, 2.05) is 20.8 Å². The minimum absolute atomic E-state index is 0.000633. The summed E-state index contributed by atoms with van der Waals surface area (Å²) < 4.78 is 26.0. The standard InChI is InChI=1S/C10H23NO3S/c1-4-6-9-15(13,14)11-10(3,5-2)7-8-12/h11-12H,4-9H2,1-3H3. The summed E-state index contributed by atoms with van der Waals surface area (Å²) >= 11 is 0. The van der Waals surface area contributed by atoms with Crippen LogP contribution in [-0.4, -0.2) is 31.4 Å². The second kappa shape index (κ2) is 6.45. The number of unbranched alkanes of at least 4 members (excludes halogenated alkanes) is 1. The third-order valence-corrected chi connectivity index (χ3v) is 4.24. The van der Waals surface area contributed by atoms with E-state index in [2.05, 4.69) is 4.72 Å². The van der Waals surface area contributed by atoms with Crippen molar-refractivity contribution >= 4 is 10.0 Å². The molecule has 0 saturated heterocycles. The Morgan fingerprint density at radius 2 is 1.93 bits per heavy atom. The Kier molecular flexibility index (Phi) is 6.40. The van der Waals surface area contributed by atoms with E-state index in [1.165, 1.54) is 0 Å². The first-order valence-corrected chi connectivity index (χ1v) is 7.17. The van der Waals surface area contributed by atoms with Gasteiger partial charge in [-0.15, -0.1) is 0 Å². The zero-order valence-corrected chi connectivity index (χ0v) is 10.7. The SMILES string of the molecule is CCCCS(=O)(=O)NC(C)(CC)CCO. The molecule has 0 aromatic rings. The van der Waals surface area contributed by atoms with Crippen LogP contribution in [0.2, 0.25) is 0 Å². The largest absolute Gasteiger partial charge is 0.396 e. The zero-order chi connectivity index (χ0) is 11.9. The zero-order valence-electron chi connectivity index (χ0n) is 9.91. The molecule has 2 N–H and O–H groups in total. The second-order valence-corrected chi connectivity index (χ2v) is 6.00. The lowest BCUT2D eigenvalue weighted by Gasteiger charge is -2.28. The molecule has 5 heteroatoms. The molecule has 0 aliphatic rings. The summed E-state index contributed by atoms with van der Waals surface area (Å²) in [5, 5.41) is 8.87. The van der Waals surface area contributed by atoms with Crippen LogP contribution < -0.4 is 4.72 Å². The number of hydrogen-bond donors (Lipinski definition) is 2. The summed E-state index contributed by atoms with van der Waals surface area (Å²) in [6.07, 6.45) is 2.67. The van der Waals surface area contributed by atoms with E-state index in [0.29, 0.717) is 19.3 Å². The van der Waals surface area contributed by atoms with Gasteiger partial charge >= 0.3 is 0 Å². The highest BCUT2D eigenvalue weighted by atomic mass is 32.2. The molecule has 0 aromatic carbocycles. The lowest BCUT2D eigenvalue weighted by molar-refractivity contribution is 0.233. The van der Waals surface area contributed by atoms with E-state index in [0.717, 1.165) is 6.42 Å². The number of aliphatic hydroxyl groups excluding tert-OH is 1. The Morgan fingerprint density at radius 1 is 1.33 bits per heavy atom. The Bertz CT molecular complexity index is 264. The minimum atomic E-state index is -3.20. The first kappa shape index (κ1) is 14.9. The van der Waals surface area contributed by atoms with Crippen molar-refractivity contribution in [1.29, 1.82) is 0 Å². The number of hydrogen-bond acceptors (Lipinski definition) is 3. The molecule has 0 aliphatic carbocycles. The van der Waals surface area contributed by atoms with Crippen LogP contribution in [0.1, 0.15) is 46.5 Å². The van der Waals surface area contributed by atoms with Gasteiger partial charge in [-0.2, -0.15) is 0 Å². The van der Waals surface area contributed by atoms with Gasteiger partial charge in [0.25, 0.3) is 0 Å². The van der Waals surface area contributed by atoms with Crippen molar-refractivity contribution in [2.75, 3.05) is 12.4 Å². The molecule has 0 radical (unpaired) electrons. The van der Waals surface area contributed by atoms with Crippen LogP contribution >= 0.6 is 0 Å². The molecule has 15 heavy (non-hydrogen) atoms. The number of aliphatic hydroxyl groups is 1. The average Bonchev–Trinajstić information content (AvgIpc) is 2.14. The van der Waals surface area contributed by atoms with E-state index >= 15 is 0 Å². The molecule has 0 amide bonds. The van der Waals surface area contributed by atoms with Gasteiger partial charge in [0.1, 0.15) is 0 Å². The molecule has 0 fully saturated rings. The van der Waals surface area contributed by atoms with Gasteiger partial charge in [0.2, 0.25) is 10.0 Å². The number of nitrogens with one attached hydrogen (secondary N) is 1. The lowest BCUT2D eigenvalue weighted by atomic mass is 9.97. The minimum Gasteiger partial charge on any atom is -0.396 e. The van der Waals surface area contributed by atoms with E-state index in [4.69, 9.17) is 5.11 Å². The van der Waals surface area contributed by atoms with Crippen LogP contribution in [0.4, 0.5) is 0 Å². The molecular formula is C10H23NO3S. The van der Waals surface area contributed by atoms with Gasteiger partial charge in [0.05, 0.1) is 5.75 Å². The first-order chi connectivity index (χ1) is 6.89. The summed E-state index contributed by atoms with van der Waals surface area (Å²) in [6, 6.07) is 0. The fourth-order valence-electron chi connectivity index (χ4n) is 1.31. The van der Waals surface area contributed by atoms with Gasteiger partial charge in [0.15, 0.2) is 0 Å². The quantitative estimate of drug-likeness (QED) is 0.668. The topological polar surface area (TPSA) is 66.4 Å². The third-order valence-electron chi connectivity index (χ3n) is 2.61. The van der Waals surface area contributed by atoms with Crippen LogP contribution in [0.15, 0.2) is 0 Å². The van der Waals surface area contributed by atoms with E-state index < -0.39 is 15.6 Å². The van der Waals surface area contributed by atoms with Gasteiger partial charge < -0.3 is 5.11 Å². The van der Waals surface area contributed by atoms with Crippen molar-refractivity contribution in [3.8, 4) is 0 Å². The first-order valence-electron chi connectivity index (χ1n) is 5.51. The molecule has 0 rings (SSSR count). The van der Waals surface area contributed by atoms with Crippen molar-refractivity contribution in [1.82, 2.24) is 4.72 Å². The molecule has 1 unspecified atom stereocenters. The van der Waals surface area contributed by atoms with Gasteiger partial charge in [-0.1, -0.05) is 20.3 Å². The van der Waals surface area contributed by atoms with Crippen molar-refractivity contribution in [2.45, 2.75) is 52.0 Å². The van der Waals surface area contributed by atoms with Gasteiger partial charge in [-0.3, -0.25) is 0 Å². The smallest absolute Gasteiger partial charge is 0.212 e. The molecule has 0 aliphatic heterocycles. The predicted octanol–water partition coefficient (Wildman–Crippen LogP) is 1.26. The lowest BCUT2D eigenvalue weighted by Crippen LogP contribution is -2.46. The fraction of sp³-hybridized carbons (Fsp3) is 1.00. The Balaban J connectivity index is 4.39. The highest BCUT2D eigenvalue weighted by Crippen LogP contribution is 2.15. The molecule has 92 valence electrons. The molecule has 0 aromatic heterocycles. The van der Waals surface area contributed by atoms with E-state index in [-0.39, 0.29) is 12.4 Å². The molecule has 0 spiro atoms. The van der Waals surface area contributed by atoms with Crippen LogP contribution in [0, 0.1) is 0 Å². The van der Waals surface area contributed by atoms with E-state index in [1.54, 1.807) is 0 Å². The summed E-state index contributed by atoms with van der Waals surface area (Å²) in [7, 11) is -3.20. The Labute approximate surface area is 93.1 Å². The van der Waals surface area contributed by atoms with Crippen LogP contribution in [-0.2, 0) is 10.0 Å².